The Kier molecular flexibility index (Phi) is 6.13. The van der Waals surface area contributed by atoms with E-state index in [2.05, 4.69) is 45.0 Å². The molecular weight excluding hydrogens is 348 g/mol. The van der Waals surface area contributed by atoms with E-state index in [4.69, 9.17) is 0 Å². The van der Waals surface area contributed by atoms with Gasteiger partial charge in [-0.1, -0.05) is 30.3 Å². The summed E-state index contributed by atoms with van der Waals surface area (Å²) in [5.41, 5.74) is 1.40. The van der Waals surface area contributed by atoms with Crippen molar-refractivity contribution in [3.63, 3.8) is 0 Å². The summed E-state index contributed by atoms with van der Waals surface area (Å²) in [6.45, 7) is 9.39. The molecule has 1 amide bonds. The molecule has 0 bridgehead atoms. The van der Waals surface area contributed by atoms with Crippen molar-refractivity contribution >= 4 is 5.91 Å². The summed E-state index contributed by atoms with van der Waals surface area (Å²) in [6.07, 6.45) is 6.15. The Hall–Kier alpha value is -2.11. The van der Waals surface area contributed by atoms with Gasteiger partial charge in [0.2, 0.25) is 5.91 Å². The summed E-state index contributed by atoms with van der Waals surface area (Å²) < 4.78 is 2.00. The number of piperazine rings is 1. The standard InChI is InChI=1S/C23H32N4O/c1-20(25-11-5-6-12-25)23(28)27-13-9-22(10-14-27)26-17-15-24(16-18-26)19-21-7-3-2-4-8-21/h2-8,11-12,20,22H,9-10,13-19H2,1H3/t20-/m1/s1. The molecule has 4 rings (SSSR count). The molecule has 2 fully saturated rings. The van der Waals surface area contributed by atoms with Gasteiger partial charge < -0.3 is 9.47 Å². The maximum atomic E-state index is 12.8. The summed E-state index contributed by atoms with van der Waals surface area (Å²) in [6, 6.07) is 15.2. The van der Waals surface area contributed by atoms with E-state index in [1.54, 1.807) is 0 Å². The zero-order valence-electron chi connectivity index (χ0n) is 16.9. The van der Waals surface area contributed by atoms with Crippen LogP contribution in [-0.2, 0) is 11.3 Å². The molecule has 150 valence electrons. The molecule has 0 spiro atoms. The fourth-order valence-corrected chi connectivity index (χ4v) is 4.58. The minimum atomic E-state index is -0.104. The van der Waals surface area contributed by atoms with Crippen LogP contribution in [0.15, 0.2) is 54.9 Å². The highest BCUT2D eigenvalue weighted by molar-refractivity contribution is 5.80. The van der Waals surface area contributed by atoms with E-state index in [1.165, 1.54) is 5.56 Å². The summed E-state index contributed by atoms with van der Waals surface area (Å²) >= 11 is 0. The quantitative estimate of drug-likeness (QED) is 0.799. The Morgan fingerprint density at radius 2 is 1.57 bits per heavy atom. The predicted molar refractivity (Wildman–Crippen MR) is 112 cm³/mol. The zero-order valence-corrected chi connectivity index (χ0v) is 16.9. The van der Waals surface area contributed by atoms with Crippen molar-refractivity contribution in [3.05, 3.63) is 60.4 Å². The molecule has 0 N–H and O–H groups in total. The van der Waals surface area contributed by atoms with E-state index in [9.17, 15) is 4.79 Å². The molecule has 0 unspecified atom stereocenters. The minimum absolute atomic E-state index is 0.104. The Bertz CT molecular complexity index is 729. The molecule has 1 atom stereocenters. The van der Waals surface area contributed by atoms with E-state index < -0.39 is 0 Å². The molecule has 1 aromatic carbocycles. The van der Waals surface area contributed by atoms with Crippen molar-refractivity contribution < 1.29 is 4.79 Å². The summed E-state index contributed by atoms with van der Waals surface area (Å²) in [7, 11) is 0. The van der Waals surface area contributed by atoms with Crippen LogP contribution < -0.4 is 0 Å². The lowest BCUT2D eigenvalue weighted by atomic mass is 10.0. The van der Waals surface area contributed by atoms with Gasteiger partial charge in [-0.3, -0.25) is 14.6 Å². The van der Waals surface area contributed by atoms with Crippen LogP contribution in [0.2, 0.25) is 0 Å². The smallest absolute Gasteiger partial charge is 0.245 e. The maximum absolute atomic E-state index is 12.8. The fourth-order valence-electron chi connectivity index (χ4n) is 4.58. The van der Waals surface area contributed by atoms with Crippen LogP contribution in [0.5, 0.6) is 0 Å². The van der Waals surface area contributed by atoms with Crippen LogP contribution >= 0.6 is 0 Å². The summed E-state index contributed by atoms with van der Waals surface area (Å²) in [4.78, 5) is 20.1. The Morgan fingerprint density at radius 1 is 0.929 bits per heavy atom. The number of piperidine rings is 1. The summed E-state index contributed by atoms with van der Waals surface area (Å²) in [5.74, 6) is 0.252. The van der Waals surface area contributed by atoms with E-state index >= 15 is 0 Å². The maximum Gasteiger partial charge on any atom is 0.245 e. The molecule has 0 saturated carbocycles. The van der Waals surface area contributed by atoms with E-state index in [0.717, 1.165) is 58.7 Å². The lowest BCUT2D eigenvalue weighted by Crippen LogP contribution is -2.53. The second kappa shape index (κ2) is 8.93. The van der Waals surface area contributed by atoms with Gasteiger partial charge in [0.1, 0.15) is 6.04 Å². The van der Waals surface area contributed by atoms with Crippen LogP contribution in [0.25, 0.3) is 0 Å². The van der Waals surface area contributed by atoms with Crippen molar-refractivity contribution in [2.24, 2.45) is 0 Å². The molecule has 2 aliphatic heterocycles. The van der Waals surface area contributed by atoms with Gasteiger partial charge in [0.05, 0.1) is 0 Å². The molecule has 0 radical (unpaired) electrons. The van der Waals surface area contributed by atoms with Crippen molar-refractivity contribution in [2.75, 3.05) is 39.3 Å². The van der Waals surface area contributed by atoms with Crippen molar-refractivity contribution in [2.45, 2.75) is 38.4 Å². The second-order valence-electron chi connectivity index (χ2n) is 8.16. The number of hydrogen-bond donors (Lipinski definition) is 0. The Balaban J connectivity index is 1.22. The predicted octanol–water partition coefficient (Wildman–Crippen LogP) is 2.86. The lowest BCUT2D eigenvalue weighted by molar-refractivity contribution is -0.136. The lowest BCUT2D eigenvalue weighted by Gasteiger charge is -2.43. The number of amides is 1. The van der Waals surface area contributed by atoms with Crippen LogP contribution in [0.3, 0.4) is 0 Å². The molecular formula is C23H32N4O. The molecule has 2 saturated heterocycles. The highest BCUT2D eigenvalue weighted by Gasteiger charge is 2.30. The topological polar surface area (TPSA) is 31.7 Å². The number of carbonyl (C=O) groups excluding carboxylic acids is 1. The van der Waals surface area contributed by atoms with Gasteiger partial charge in [-0.25, -0.2) is 0 Å². The highest BCUT2D eigenvalue weighted by atomic mass is 16.2. The first-order chi connectivity index (χ1) is 13.7. The molecule has 3 heterocycles. The van der Waals surface area contributed by atoms with Crippen LogP contribution in [0.4, 0.5) is 0 Å². The van der Waals surface area contributed by atoms with Crippen LogP contribution in [0.1, 0.15) is 31.4 Å². The van der Waals surface area contributed by atoms with Gasteiger partial charge in [0.25, 0.3) is 0 Å². The number of hydrogen-bond acceptors (Lipinski definition) is 3. The Labute approximate surface area is 168 Å². The molecule has 5 heteroatoms. The van der Waals surface area contributed by atoms with Crippen LogP contribution in [-0.4, -0.2) is 70.5 Å². The van der Waals surface area contributed by atoms with Gasteiger partial charge in [0, 0.05) is 64.2 Å². The SMILES string of the molecule is C[C@H](C(=O)N1CCC(N2CCN(Cc3ccccc3)CC2)CC1)n1cccc1. The first-order valence-electron chi connectivity index (χ1n) is 10.6. The molecule has 5 nitrogen and oxygen atoms in total. The third-order valence-electron chi connectivity index (χ3n) is 6.38. The third kappa shape index (κ3) is 4.47. The molecule has 2 aliphatic rings. The van der Waals surface area contributed by atoms with Gasteiger partial charge in [-0.15, -0.1) is 0 Å². The normalized spacial score (nSPS) is 21.0. The van der Waals surface area contributed by atoms with Crippen molar-refractivity contribution in [1.82, 2.24) is 19.3 Å². The van der Waals surface area contributed by atoms with E-state index in [-0.39, 0.29) is 11.9 Å². The van der Waals surface area contributed by atoms with E-state index in [0.29, 0.717) is 6.04 Å². The highest BCUT2D eigenvalue weighted by Crippen LogP contribution is 2.21. The Morgan fingerprint density at radius 3 is 2.21 bits per heavy atom. The third-order valence-corrected chi connectivity index (χ3v) is 6.38. The van der Waals surface area contributed by atoms with Gasteiger partial charge in [-0.2, -0.15) is 0 Å². The first kappa shape index (κ1) is 19.2. The van der Waals surface area contributed by atoms with Crippen LogP contribution in [0, 0.1) is 0 Å². The monoisotopic (exact) mass is 380 g/mol. The number of benzene rings is 1. The van der Waals surface area contributed by atoms with Crippen molar-refractivity contribution in [3.8, 4) is 0 Å². The number of likely N-dealkylation sites (tertiary alicyclic amines) is 1. The first-order valence-corrected chi connectivity index (χ1v) is 10.6. The van der Waals surface area contributed by atoms with Crippen molar-refractivity contribution in [1.29, 1.82) is 0 Å². The average molecular weight is 381 g/mol. The minimum Gasteiger partial charge on any atom is -0.342 e. The second-order valence-corrected chi connectivity index (χ2v) is 8.16. The molecule has 0 aliphatic carbocycles. The largest absolute Gasteiger partial charge is 0.342 e. The van der Waals surface area contributed by atoms with E-state index in [1.807, 2.05) is 36.0 Å². The van der Waals surface area contributed by atoms with Gasteiger partial charge in [-0.05, 0) is 37.5 Å². The fraction of sp³-hybridized carbons (Fsp3) is 0.522. The van der Waals surface area contributed by atoms with Gasteiger partial charge in [0.15, 0.2) is 0 Å². The molecule has 2 aromatic rings. The zero-order chi connectivity index (χ0) is 19.3. The number of aromatic nitrogens is 1. The molecule has 28 heavy (non-hydrogen) atoms. The van der Waals surface area contributed by atoms with Gasteiger partial charge >= 0.3 is 0 Å². The number of nitrogens with zero attached hydrogens (tertiary/aromatic N) is 4. The average Bonchev–Trinajstić information content (AvgIpc) is 3.29. The molecule has 1 aromatic heterocycles. The number of carbonyl (C=O) groups is 1. The summed E-state index contributed by atoms with van der Waals surface area (Å²) in [5, 5.41) is 0. The number of rotatable bonds is 5.